The number of nitrogens with one attached hydrogen (secondary N) is 1. The van der Waals surface area contributed by atoms with Gasteiger partial charge in [0.1, 0.15) is 5.75 Å². The fraction of sp³-hybridized carbons (Fsp3) is 0.348. The Morgan fingerprint density at radius 3 is 2.24 bits per heavy atom. The Hall–Kier alpha value is -3.15. The molecule has 6 nitrogen and oxygen atoms in total. The van der Waals surface area contributed by atoms with Crippen molar-refractivity contribution in [2.75, 3.05) is 26.6 Å². The molecule has 0 unspecified atom stereocenters. The van der Waals surface area contributed by atoms with Crippen LogP contribution < -0.4 is 24.3 Å². The second kappa shape index (κ2) is 9.87. The Morgan fingerprint density at radius 2 is 1.62 bits per heavy atom. The van der Waals surface area contributed by atoms with Gasteiger partial charge in [0.25, 0.3) is 0 Å². The van der Waals surface area contributed by atoms with Crippen LogP contribution in [0.4, 0.5) is 5.69 Å². The lowest BCUT2D eigenvalue weighted by molar-refractivity contribution is -0.111. The van der Waals surface area contributed by atoms with Gasteiger partial charge < -0.3 is 24.3 Å². The smallest absolute Gasteiger partial charge is 0.248 e. The Bertz CT molecular complexity index is 846. The van der Waals surface area contributed by atoms with Gasteiger partial charge in [-0.2, -0.15) is 0 Å². The Kier molecular flexibility index (Phi) is 7.00. The summed E-state index contributed by atoms with van der Waals surface area (Å²) in [6.07, 6.45) is 7.88. The predicted octanol–water partition coefficient (Wildman–Crippen LogP) is 4.69. The van der Waals surface area contributed by atoms with E-state index in [2.05, 4.69) is 5.32 Å². The fourth-order valence-electron chi connectivity index (χ4n) is 3.40. The zero-order chi connectivity index (χ0) is 20.6. The molecule has 0 heterocycles. The number of hydrogen-bond donors (Lipinski definition) is 1. The molecule has 0 aliphatic heterocycles. The van der Waals surface area contributed by atoms with E-state index in [0.29, 0.717) is 28.7 Å². The highest BCUT2D eigenvalue weighted by atomic mass is 16.5. The molecule has 3 rings (SSSR count). The summed E-state index contributed by atoms with van der Waals surface area (Å²) in [5, 5.41) is 2.90. The number of ether oxygens (including phenoxy) is 4. The van der Waals surface area contributed by atoms with Gasteiger partial charge in [0.15, 0.2) is 11.5 Å². The number of hydrogen-bond acceptors (Lipinski definition) is 5. The van der Waals surface area contributed by atoms with E-state index < -0.39 is 0 Å². The van der Waals surface area contributed by atoms with E-state index in [9.17, 15) is 4.79 Å². The van der Waals surface area contributed by atoms with E-state index in [1.807, 2.05) is 24.3 Å². The molecule has 1 saturated carbocycles. The van der Waals surface area contributed by atoms with Gasteiger partial charge in [-0.25, -0.2) is 0 Å². The molecule has 1 aliphatic carbocycles. The van der Waals surface area contributed by atoms with Gasteiger partial charge in [-0.1, -0.05) is 12.1 Å². The highest BCUT2D eigenvalue weighted by Gasteiger charge is 2.18. The Balaban J connectivity index is 1.72. The lowest BCUT2D eigenvalue weighted by Crippen LogP contribution is -2.14. The highest BCUT2D eigenvalue weighted by molar-refractivity contribution is 6.02. The first-order valence-corrected chi connectivity index (χ1v) is 9.69. The van der Waals surface area contributed by atoms with Crippen LogP contribution in [0.1, 0.15) is 31.2 Å². The number of para-hydroxylation sites is 2. The van der Waals surface area contributed by atoms with Crippen LogP contribution in [0.15, 0.2) is 42.5 Å². The van der Waals surface area contributed by atoms with Gasteiger partial charge in [0.05, 0.1) is 33.1 Å². The van der Waals surface area contributed by atoms with Crippen LogP contribution in [0.5, 0.6) is 23.0 Å². The van der Waals surface area contributed by atoms with Crippen molar-refractivity contribution in [3.63, 3.8) is 0 Å². The van der Waals surface area contributed by atoms with Crippen LogP contribution >= 0.6 is 0 Å². The molecule has 0 radical (unpaired) electrons. The molecule has 0 aromatic heterocycles. The summed E-state index contributed by atoms with van der Waals surface area (Å²) in [6.45, 7) is 0. The summed E-state index contributed by atoms with van der Waals surface area (Å²) in [4.78, 5) is 12.5. The molecule has 0 atom stereocenters. The third kappa shape index (κ3) is 5.22. The maximum absolute atomic E-state index is 12.5. The molecule has 0 bridgehead atoms. The fourth-order valence-corrected chi connectivity index (χ4v) is 3.40. The lowest BCUT2D eigenvalue weighted by Gasteiger charge is -2.16. The van der Waals surface area contributed by atoms with E-state index in [-0.39, 0.29) is 12.0 Å². The molecule has 0 saturated heterocycles. The number of amides is 1. The van der Waals surface area contributed by atoms with E-state index in [1.165, 1.54) is 18.9 Å². The first kappa shape index (κ1) is 20.6. The van der Waals surface area contributed by atoms with Gasteiger partial charge in [0, 0.05) is 6.08 Å². The van der Waals surface area contributed by atoms with Crippen molar-refractivity contribution in [2.24, 2.45) is 0 Å². The summed E-state index contributed by atoms with van der Waals surface area (Å²) >= 11 is 0. The molecule has 1 fully saturated rings. The van der Waals surface area contributed by atoms with Crippen molar-refractivity contribution in [1.29, 1.82) is 0 Å². The number of methoxy groups -OCH3 is 3. The first-order valence-electron chi connectivity index (χ1n) is 9.69. The topological polar surface area (TPSA) is 66.0 Å². The predicted molar refractivity (Wildman–Crippen MR) is 113 cm³/mol. The van der Waals surface area contributed by atoms with Crippen molar-refractivity contribution in [2.45, 2.75) is 31.8 Å². The summed E-state index contributed by atoms with van der Waals surface area (Å²) in [7, 11) is 4.66. The van der Waals surface area contributed by atoms with E-state index in [0.717, 1.165) is 18.4 Å². The first-order chi connectivity index (χ1) is 14.1. The quantitative estimate of drug-likeness (QED) is 0.655. The Labute approximate surface area is 171 Å². The number of anilines is 1. The number of carbonyl (C=O) groups is 1. The zero-order valence-corrected chi connectivity index (χ0v) is 17.1. The molecule has 2 aromatic rings. The van der Waals surface area contributed by atoms with Crippen LogP contribution in [0, 0.1) is 0 Å². The second-order valence-corrected chi connectivity index (χ2v) is 6.80. The van der Waals surface area contributed by atoms with Crippen molar-refractivity contribution in [3.8, 4) is 23.0 Å². The van der Waals surface area contributed by atoms with Gasteiger partial charge in [-0.15, -0.1) is 0 Å². The normalized spacial score (nSPS) is 14.0. The molecule has 1 aliphatic rings. The number of carbonyl (C=O) groups excluding carboxylic acids is 1. The Morgan fingerprint density at radius 1 is 0.966 bits per heavy atom. The molecule has 6 heteroatoms. The molecule has 1 N–H and O–H groups in total. The minimum absolute atomic E-state index is 0.225. The van der Waals surface area contributed by atoms with Gasteiger partial charge in [-0.3, -0.25) is 4.79 Å². The molecule has 2 aromatic carbocycles. The molecular weight excluding hydrogens is 370 g/mol. The minimum atomic E-state index is -0.249. The van der Waals surface area contributed by atoms with Gasteiger partial charge in [0.2, 0.25) is 11.7 Å². The van der Waals surface area contributed by atoms with Crippen LogP contribution in [-0.2, 0) is 4.79 Å². The molecular formula is C23H27NO5. The average molecular weight is 397 g/mol. The summed E-state index contributed by atoms with van der Waals surface area (Å²) in [6, 6.07) is 11.1. The summed E-state index contributed by atoms with van der Waals surface area (Å²) in [5.41, 5.74) is 1.42. The van der Waals surface area contributed by atoms with Gasteiger partial charge >= 0.3 is 0 Å². The largest absolute Gasteiger partial charge is 0.493 e. The summed E-state index contributed by atoms with van der Waals surface area (Å²) < 4.78 is 22.1. The maximum atomic E-state index is 12.5. The highest BCUT2D eigenvalue weighted by Crippen LogP contribution is 2.38. The second-order valence-electron chi connectivity index (χ2n) is 6.80. The van der Waals surface area contributed by atoms with Crippen LogP contribution in [0.25, 0.3) is 6.08 Å². The van der Waals surface area contributed by atoms with Crippen LogP contribution in [0.2, 0.25) is 0 Å². The molecule has 1 amide bonds. The van der Waals surface area contributed by atoms with Crippen molar-refractivity contribution in [3.05, 3.63) is 48.0 Å². The monoisotopic (exact) mass is 397 g/mol. The van der Waals surface area contributed by atoms with Crippen molar-refractivity contribution in [1.82, 2.24) is 0 Å². The van der Waals surface area contributed by atoms with Crippen molar-refractivity contribution >= 4 is 17.7 Å². The average Bonchev–Trinajstić information content (AvgIpc) is 3.26. The standard InChI is InChI=1S/C23H27NO5/c1-26-20-14-16(15-21(27-2)23(20)28-3)12-13-22(25)24-18-10-6-7-11-19(18)29-17-8-4-5-9-17/h6-7,10-15,17H,4-5,8-9H2,1-3H3,(H,24,25)/b13-12+. The third-order valence-corrected chi connectivity index (χ3v) is 4.85. The molecule has 29 heavy (non-hydrogen) atoms. The molecule has 0 spiro atoms. The zero-order valence-electron chi connectivity index (χ0n) is 17.1. The van der Waals surface area contributed by atoms with Crippen LogP contribution in [0.3, 0.4) is 0 Å². The van der Waals surface area contributed by atoms with E-state index >= 15 is 0 Å². The SMILES string of the molecule is COc1cc(/C=C/C(=O)Nc2ccccc2OC2CCCC2)cc(OC)c1OC. The third-order valence-electron chi connectivity index (χ3n) is 4.85. The number of rotatable bonds is 8. The van der Waals surface area contributed by atoms with Crippen LogP contribution in [-0.4, -0.2) is 33.3 Å². The summed E-state index contributed by atoms with van der Waals surface area (Å²) in [5.74, 6) is 2.02. The van der Waals surface area contributed by atoms with E-state index in [4.69, 9.17) is 18.9 Å². The molecule has 154 valence electrons. The van der Waals surface area contributed by atoms with Crippen molar-refractivity contribution < 1.29 is 23.7 Å². The van der Waals surface area contributed by atoms with E-state index in [1.54, 1.807) is 39.5 Å². The van der Waals surface area contributed by atoms with Gasteiger partial charge in [-0.05, 0) is 61.6 Å². The maximum Gasteiger partial charge on any atom is 0.248 e. The lowest BCUT2D eigenvalue weighted by atomic mass is 10.1. The minimum Gasteiger partial charge on any atom is -0.493 e. The number of benzene rings is 2.